The Morgan fingerprint density at radius 1 is 0.864 bits per heavy atom. The summed E-state index contributed by atoms with van der Waals surface area (Å²) in [5.74, 6) is 1.73. The van der Waals surface area contributed by atoms with Crippen molar-refractivity contribution in [2.45, 2.75) is 6.92 Å². The van der Waals surface area contributed by atoms with E-state index in [0.717, 1.165) is 11.3 Å². The third-order valence-electron chi connectivity index (χ3n) is 3.30. The van der Waals surface area contributed by atoms with E-state index < -0.39 is 0 Å². The van der Waals surface area contributed by atoms with Crippen LogP contribution in [-0.4, -0.2) is 27.2 Å². The average Bonchev–Trinajstić information content (AvgIpc) is 2.54. The molecule has 22 heavy (non-hydrogen) atoms. The highest BCUT2D eigenvalue weighted by Gasteiger charge is 2.10. The lowest BCUT2D eigenvalue weighted by Gasteiger charge is -2.11. The van der Waals surface area contributed by atoms with E-state index in [-0.39, 0.29) is 5.91 Å². The third-order valence-corrected chi connectivity index (χ3v) is 3.30. The van der Waals surface area contributed by atoms with Gasteiger partial charge in [0.15, 0.2) is 11.5 Å². The summed E-state index contributed by atoms with van der Waals surface area (Å²) in [6.07, 6.45) is 0. The smallest absolute Gasteiger partial charge is 0.255 e. The summed E-state index contributed by atoms with van der Waals surface area (Å²) in [5.41, 5.74) is 2.10. The molecule has 5 heteroatoms. The van der Waals surface area contributed by atoms with Crippen LogP contribution in [0.4, 0.5) is 5.69 Å². The molecule has 2 rings (SSSR count). The molecule has 0 saturated heterocycles. The summed E-state index contributed by atoms with van der Waals surface area (Å²) in [5, 5.41) is 2.83. The van der Waals surface area contributed by atoms with E-state index >= 15 is 0 Å². The van der Waals surface area contributed by atoms with E-state index in [0.29, 0.717) is 22.7 Å². The fraction of sp³-hybridized carbons (Fsp3) is 0.235. The molecular formula is C17H19NO4. The molecule has 1 amide bonds. The molecule has 0 aliphatic carbocycles. The van der Waals surface area contributed by atoms with Crippen molar-refractivity contribution in [3.63, 3.8) is 0 Å². The number of hydrogen-bond acceptors (Lipinski definition) is 4. The van der Waals surface area contributed by atoms with Gasteiger partial charge in [0, 0.05) is 17.3 Å². The van der Waals surface area contributed by atoms with Gasteiger partial charge in [-0.25, -0.2) is 0 Å². The monoisotopic (exact) mass is 301 g/mol. The molecule has 0 spiro atoms. The molecule has 116 valence electrons. The van der Waals surface area contributed by atoms with Gasteiger partial charge in [0.2, 0.25) is 0 Å². The zero-order valence-corrected chi connectivity index (χ0v) is 13.1. The van der Waals surface area contributed by atoms with Gasteiger partial charge >= 0.3 is 0 Å². The first kappa shape index (κ1) is 15.7. The second-order valence-corrected chi connectivity index (χ2v) is 4.71. The van der Waals surface area contributed by atoms with Crippen molar-refractivity contribution in [1.29, 1.82) is 0 Å². The Balaban J connectivity index is 2.20. The first-order valence-corrected chi connectivity index (χ1v) is 6.77. The van der Waals surface area contributed by atoms with Gasteiger partial charge in [-0.15, -0.1) is 0 Å². The number of anilines is 1. The second-order valence-electron chi connectivity index (χ2n) is 4.71. The number of carbonyl (C=O) groups excluding carboxylic acids is 1. The van der Waals surface area contributed by atoms with Crippen LogP contribution in [0.15, 0.2) is 36.4 Å². The number of hydrogen-bond donors (Lipinski definition) is 1. The zero-order valence-electron chi connectivity index (χ0n) is 13.1. The molecule has 0 aliphatic heterocycles. The SMILES string of the molecule is COc1ccc(C(=O)Nc2ccc(OC)c(OC)c2)cc1C. The van der Waals surface area contributed by atoms with Crippen molar-refractivity contribution < 1.29 is 19.0 Å². The van der Waals surface area contributed by atoms with Gasteiger partial charge in [-0.2, -0.15) is 0 Å². The lowest BCUT2D eigenvalue weighted by Crippen LogP contribution is -2.12. The first-order valence-electron chi connectivity index (χ1n) is 6.77. The summed E-state index contributed by atoms with van der Waals surface area (Å²) in [4.78, 5) is 12.3. The van der Waals surface area contributed by atoms with E-state index in [1.165, 1.54) is 0 Å². The van der Waals surface area contributed by atoms with Gasteiger partial charge in [-0.3, -0.25) is 4.79 Å². The molecule has 0 heterocycles. The summed E-state index contributed by atoms with van der Waals surface area (Å²) in [6, 6.07) is 10.5. The van der Waals surface area contributed by atoms with Gasteiger partial charge in [-0.05, 0) is 42.8 Å². The molecule has 0 fully saturated rings. The minimum atomic E-state index is -0.196. The lowest BCUT2D eigenvalue weighted by atomic mass is 10.1. The number of benzene rings is 2. The normalized spacial score (nSPS) is 10.0. The molecule has 0 atom stereocenters. The largest absolute Gasteiger partial charge is 0.496 e. The molecule has 0 saturated carbocycles. The van der Waals surface area contributed by atoms with Crippen molar-refractivity contribution in [2.75, 3.05) is 26.6 Å². The molecule has 0 aromatic heterocycles. The van der Waals surface area contributed by atoms with E-state index in [1.54, 1.807) is 57.7 Å². The van der Waals surface area contributed by atoms with Crippen LogP contribution in [0.25, 0.3) is 0 Å². The van der Waals surface area contributed by atoms with Gasteiger partial charge in [0.05, 0.1) is 21.3 Å². The quantitative estimate of drug-likeness (QED) is 0.921. The summed E-state index contributed by atoms with van der Waals surface area (Å²) in [6.45, 7) is 1.89. The maximum atomic E-state index is 12.3. The number of nitrogens with one attached hydrogen (secondary N) is 1. The van der Waals surface area contributed by atoms with Crippen LogP contribution in [0.1, 0.15) is 15.9 Å². The number of methoxy groups -OCH3 is 3. The predicted molar refractivity (Wildman–Crippen MR) is 85.2 cm³/mol. The van der Waals surface area contributed by atoms with Gasteiger partial charge < -0.3 is 19.5 Å². The minimum absolute atomic E-state index is 0.196. The molecule has 0 bridgehead atoms. The van der Waals surface area contributed by atoms with Crippen molar-refractivity contribution in [2.24, 2.45) is 0 Å². The van der Waals surface area contributed by atoms with Crippen molar-refractivity contribution in [3.05, 3.63) is 47.5 Å². The fourth-order valence-electron chi connectivity index (χ4n) is 2.14. The summed E-state index contributed by atoms with van der Waals surface area (Å²) < 4.78 is 15.6. The molecule has 2 aromatic rings. The Morgan fingerprint density at radius 3 is 2.09 bits per heavy atom. The molecule has 1 N–H and O–H groups in total. The van der Waals surface area contributed by atoms with Gasteiger partial charge in [0.1, 0.15) is 5.75 Å². The first-order chi connectivity index (χ1) is 10.6. The zero-order chi connectivity index (χ0) is 16.1. The Morgan fingerprint density at radius 2 is 1.50 bits per heavy atom. The van der Waals surface area contributed by atoms with E-state index in [4.69, 9.17) is 14.2 Å². The molecule has 2 aromatic carbocycles. The fourth-order valence-corrected chi connectivity index (χ4v) is 2.14. The summed E-state index contributed by atoms with van der Waals surface area (Å²) in [7, 11) is 4.72. The Bertz CT molecular complexity index is 682. The Hall–Kier alpha value is -2.69. The Labute approximate surface area is 129 Å². The van der Waals surface area contributed by atoms with E-state index in [2.05, 4.69) is 5.32 Å². The highest BCUT2D eigenvalue weighted by atomic mass is 16.5. The molecule has 0 radical (unpaired) electrons. The second kappa shape index (κ2) is 6.85. The number of aryl methyl sites for hydroxylation is 1. The van der Waals surface area contributed by atoms with E-state index in [9.17, 15) is 4.79 Å². The number of carbonyl (C=O) groups is 1. The van der Waals surface area contributed by atoms with Crippen molar-refractivity contribution >= 4 is 11.6 Å². The lowest BCUT2D eigenvalue weighted by molar-refractivity contribution is 0.102. The number of ether oxygens (including phenoxy) is 3. The van der Waals surface area contributed by atoms with Gasteiger partial charge in [-0.1, -0.05) is 0 Å². The number of rotatable bonds is 5. The minimum Gasteiger partial charge on any atom is -0.496 e. The maximum absolute atomic E-state index is 12.3. The third kappa shape index (κ3) is 3.31. The topological polar surface area (TPSA) is 56.8 Å². The van der Waals surface area contributed by atoms with Crippen molar-refractivity contribution in [3.8, 4) is 17.2 Å². The van der Waals surface area contributed by atoms with Gasteiger partial charge in [0.25, 0.3) is 5.91 Å². The molecular weight excluding hydrogens is 282 g/mol. The summed E-state index contributed by atoms with van der Waals surface area (Å²) >= 11 is 0. The average molecular weight is 301 g/mol. The molecule has 0 aliphatic rings. The number of amides is 1. The Kier molecular flexibility index (Phi) is 4.88. The van der Waals surface area contributed by atoms with E-state index in [1.807, 2.05) is 6.92 Å². The molecule has 5 nitrogen and oxygen atoms in total. The van der Waals surface area contributed by atoms with Crippen molar-refractivity contribution in [1.82, 2.24) is 0 Å². The molecule has 0 unspecified atom stereocenters. The highest BCUT2D eigenvalue weighted by molar-refractivity contribution is 6.04. The van der Waals surface area contributed by atoms with Crippen LogP contribution < -0.4 is 19.5 Å². The van der Waals surface area contributed by atoms with Crippen LogP contribution in [0.3, 0.4) is 0 Å². The maximum Gasteiger partial charge on any atom is 0.255 e. The van der Waals surface area contributed by atoms with Crippen LogP contribution in [0.5, 0.6) is 17.2 Å². The van der Waals surface area contributed by atoms with Crippen LogP contribution >= 0.6 is 0 Å². The van der Waals surface area contributed by atoms with Crippen LogP contribution in [-0.2, 0) is 0 Å². The highest BCUT2D eigenvalue weighted by Crippen LogP contribution is 2.30. The standard InChI is InChI=1S/C17H19NO4/c1-11-9-12(5-7-14(11)20-2)17(19)18-13-6-8-15(21-3)16(10-13)22-4/h5-10H,1-4H3,(H,18,19). The van der Waals surface area contributed by atoms with Crippen LogP contribution in [0.2, 0.25) is 0 Å². The predicted octanol–water partition coefficient (Wildman–Crippen LogP) is 3.27. The van der Waals surface area contributed by atoms with Crippen LogP contribution in [0, 0.1) is 6.92 Å².